The second-order valence-electron chi connectivity index (χ2n) is 4.52. The van der Waals surface area contributed by atoms with Gasteiger partial charge in [0.2, 0.25) is 0 Å². The van der Waals surface area contributed by atoms with Gasteiger partial charge in [0.15, 0.2) is 12.6 Å². The molecule has 0 aromatic heterocycles. The van der Waals surface area contributed by atoms with Crippen LogP contribution in [0.5, 0.6) is 5.75 Å². The molecule has 1 aromatic rings. The first-order valence-electron chi connectivity index (χ1n) is 7.31. The molecule has 138 valence electrons. The van der Waals surface area contributed by atoms with Gasteiger partial charge in [-0.25, -0.2) is 4.79 Å². The Hall–Kier alpha value is -2.45. The fraction of sp³-hybridized carbons (Fsp3) is 0.353. The van der Waals surface area contributed by atoms with E-state index in [1.54, 1.807) is 12.1 Å². The van der Waals surface area contributed by atoms with Gasteiger partial charge in [-0.05, 0) is 36.4 Å². The molecule has 0 aliphatic carbocycles. The van der Waals surface area contributed by atoms with Crippen LogP contribution in [0, 0.1) is 0 Å². The first kappa shape index (κ1) is 20.6. The first-order chi connectivity index (χ1) is 12.1. The molecule has 0 saturated carbocycles. The highest BCUT2D eigenvalue weighted by Gasteiger charge is 2.07. The van der Waals surface area contributed by atoms with Gasteiger partial charge in [-0.15, -0.1) is 0 Å². The summed E-state index contributed by atoms with van der Waals surface area (Å²) in [6.45, 7) is 0.0279. The van der Waals surface area contributed by atoms with Crippen LogP contribution in [0.1, 0.15) is 10.4 Å². The molecule has 1 aromatic carbocycles. The van der Waals surface area contributed by atoms with Crippen LogP contribution in [0.25, 0.3) is 0 Å². The maximum absolute atomic E-state index is 12.7. The normalized spacial score (nSPS) is 10.6. The lowest BCUT2D eigenvalue weighted by atomic mass is 10.2. The van der Waals surface area contributed by atoms with Gasteiger partial charge < -0.3 is 23.7 Å². The largest absolute Gasteiger partial charge is 0.497 e. The monoisotopic (exact) mass is 358 g/mol. The number of esters is 1. The van der Waals surface area contributed by atoms with E-state index < -0.39 is 17.8 Å². The zero-order valence-electron chi connectivity index (χ0n) is 14.0. The number of rotatable bonds is 11. The Morgan fingerprint density at radius 3 is 2.40 bits per heavy atom. The molecule has 8 heteroatoms. The third kappa shape index (κ3) is 8.27. The smallest absolute Gasteiger partial charge is 0.338 e. The lowest BCUT2D eigenvalue weighted by Gasteiger charge is -2.07. The van der Waals surface area contributed by atoms with Gasteiger partial charge in [0.1, 0.15) is 12.4 Å². The highest BCUT2D eigenvalue weighted by atomic mass is 19.3. The molecule has 0 heterocycles. The molecular weight excluding hydrogens is 338 g/mol. The molecule has 0 N–H and O–H groups in total. The van der Waals surface area contributed by atoms with Gasteiger partial charge in [-0.2, -0.15) is 8.78 Å². The van der Waals surface area contributed by atoms with Gasteiger partial charge in [0, 0.05) is 7.11 Å². The van der Waals surface area contributed by atoms with Crippen molar-refractivity contribution in [3.8, 4) is 5.75 Å². The Balaban J connectivity index is 2.40. The average molecular weight is 358 g/mol. The van der Waals surface area contributed by atoms with Gasteiger partial charge in [0.25, 0.3) is 0 Å². The first-order valence-corrected chi connectivity index (χ1v) is 7.31. The minimum absolute atomic E-state index is 0.185. The summed E-state index contributed by atoms with van der Waals surface area (Å²) in [6, 6.07) is 6.31. The van der Waals surface area contributed by atoms with E-state index in [2.05, 4.69) is 0 Å². The zero-order valence-corrected chi connectivity index (χ0v) is 14.0. The highest BCUT2D eigenvalue weighted by Crippen LogP contribution is 2.13. The van der Waals surface area contributed by atoms with Crippen molar-refractivity contribution in [1.29, 1.82) is 0 Å². The summed E-state index contributed by atoms with van der Waals surface area (Å²) in [6.07, 6.45) is 0.245. The van der Waals surface area contributed by atoms with Crippen LogP contribution in [0.4, 0.5) is 8.78 Å². The van der Waals surface area contributed by atoms with Crippen molar-refractivity contribution in [3.63, 3.8) is 0 Å². The van der Waals surface area contributed by atoms with Gasteiger partial charge in [-0.1, -0.05) is 0 Å². The molecule has 0 aliphatic rings. The Kier molecular flexibility index (Phi) is 9.88. The Morgan fingerprint density at radius 1 is 1.08 bits per heavy atom. The van der Waals surface area contributed by atoms with Crippen molar-refractivity contribution in [2.75, 3.05) is 40.8 Å². The minimum atomic E-state index is -2.01. The maximum Gasteiger partial charge on any atom is 0.338 e. The van der Waals surface area contributed by atoms with Crippen molar-refractivity contribution in [2.45, 2.75) is 0 Å². The van der Waals surface area contributed by atoms with Gasteiger partial charge in [0.05, 0.1) is 25.9 Å². The maximum atomic E-state index is 12.7. The Bertz CT molecular complexity index is 579. The summed E-state index contributed by atoms with van der Waals surface area (Å²) in [4.78, 5) is 11.8. The number of hydrogen-bond donors (Lipinski definition) is 0. The number of methoxy groups -OCH3 is 2. The molecule has 0 spiro atoms. The molecule has 0 unspecified atom stereocenters. The summed E-state index contributed by atoms with van der Waals surface area (Å²) in [5.41, 5.74) is 0.324. The van der Waals surface area contributed by atoms with Crippen molar-refractivity contribution < 1.29 is 37.3 Å². The predicted molar refractivity (Wildman–Crippen MR) is 85.4 cm³/mol. The SMILES string of the molecule is COCCOCOC(/C=C/COC(=O)c1ccc(OC)cc1)=C(F)F. The molecule has 25 heavy (non-hydrogen) atoms. The number of carbonyl (C=O) groups excluding carboxylic acids is 1. The highest BCUT2D eigenvalue weighted by molar-refractivity contribution is 5.89. The predicted octanol–water partition coefficient (Wildman–Crippen LogP) is 3.15. The summed E-state index contributed by atoms with van der Waals surface area (Å²) >= 11 is 0. The van der Waals surface area contributed by atoms with Gasteiger partial charge in [-0.3, -0.25) is 0 Å². The Morgan fingerprint density at radius 2 is 1.80 bits per heavy atom. The Labute approximate surface area is 144 Å². The topological polar surface area (TPSA) is 63.2 Å². The summed E-state index contributed by atoms with van der Waals surface area (Å²) in [7, 11) is 3.00. The second kappa shape index (κ2) is 12.0. The van der Waals surface area contributed by atoms with E-state index in [0.717, 1.165) is 6.08 Å². The van der Waals surface area contributed by atoms with Gasteiger partial charge >= 0.3 is 12.0 Å². The molecule has 0 amide bonds. The third-order valence-electron chi connectivity index (χ3n) is 2.82. The summed E-state index contributed by atoms with van der Waals surface area (Å²) < 4.78 is 49.8. The van der Waals surface area contributed by atoms with E-state index >= 15 is 0 Å². The van der Waals surface area contributed by atoms with Crippen molar-refractivity contribution in [3.05, 3.63) is 53.8 Å². The molecule has 0 atom stereocenters. The van der Waals surface area contributed by atoms with Crippen LogP contribution in [-0.4, -0.2) is 46.8 Å². The second-order valence-corrected chi connectivity index (χ2v) is 4.52. The van der Waals surface area contributed by atoms with E-state index in [1.807, 2.05) is 0 Å². The average Bonchev–Trinajstić information content (AvgIpc) is 2.62. The van der Waals surface area contributed by atoms with Crippen LogP contribution < -0.4 is 4.74 Å². The number of benzene rings is 1. The molecule has 0 fully saturated rings. The molecule has 0 saturated heterocycles. The van der Waals surface area contributed by atoms with Crippen molar-refractivity contribution in [2.24, 2.45) is 0 Å². The lowest BCUT2D eigenvalue weighted by Crippen LogP contribution is -2.06. The standard InChI is InChI=1S/C17H20F2O6/c1-21-10-11-23-12-25-15(16(18)19)4-3-9-24-17(20)13-5-7-14(22-2)8-6-13/h3-8H,9-12H2,1-2H3/b4-3+. The number of carbonyl (C=O) groups is 1. The van der Waals surface area contributed by atoms with Crippen LogP contribution in [0.15, 0.2) is 48.3 Å². The van der Waals surface area contributed by atoms with Crippen molar-refractivity contribution in [1.82, 2.24) is 0 Å². The minimum Gasteiger partial charge on any atom is -0.497 e. The molecular formula is C17H20F2O6. The molecule has 6 nitrogen and oxygen atoms in total. The van der Waals surface area contributed by atoms with E-state index in [4.69, 9.17) is 23.7 Å². The number of allylic oxidation sites excluding steroid dienone is 1. The molecule has 1 rings (SSSR count). The quantitative estimate of drug-likeness (QED) is 0.199. The summed E-state index contributed by atoms with van der Waals surface area (Å²) in [5, 5.41) is 0. The fourth-order valence-corrected chi connectivity index (χ4v) is 1.56. The van der Waals surface area contributed by atoms with E-state index in [-0.39, 0.29) is 20.0 Å². The number of halogens is 2. The lowest BCUT2D eigenvalue weighted by molar-refractivity contribution is -0.0398. The molecule has 0 aliphatic heterocycles. The molecule has 0 bridgehead atoms. The molecule has 0 radical (unpaired) electrons. The van der Waals surface area contributed by atoms with Crippen LogP contribution in [-0.2, 0) is 18.9 Å². The van der Waals surface area contributed by atoms with Crippen LogP contribution in [0.3, 0.4) is 0 Å². The van der Waals surface area contributed by atoms with E-state index in [1.165, 1.54) is 32.4 Å². The van der Waals surface area contributed by atoms with Crippen LogP contribution in [0.2, 0.25) is 0 Å². The summed E-state index contributed by atoms with van der Waals surface area (Å²) in [5.74, 6) is -0.630. The number of hydrogen-bond acceptors (Lipinski definition) is 6. The third-order valence-corrected chi connectivity index (χ3v) is 2.82. The van der Waals surface area contributed by atoms with Crippen molar-refractivity contribution >= 4 is 5.97 Å². The fourth-order valence-electron chi connectivity index (χ4n) is 1.56. The van der Waals surface area contributed by atoms with E-state index in [0.29, 0.717) is 17.9 Å². The number of ether oxygens (including phenoxy) is 5. The van der Waals surface area contributed by atoms with Crippen LogP contribution >= 0.6 is 0 Å². The van der Waals surface area contributed by atoms with E-state index in [9.17, 15) is 13.6 Å². The zero-order chi connectivity index (χ0) is 18.5.